The lowest BCUT2D eigenvalue weighted by molar-refractivity contribution is 0.183. The normalized spacial score (nSPS) is 17.8. The molecule has 2 heterocycles. The molecule has 1 atom stereocenters. The first-order valence-corrected chi connectivity index (χ1v) is 5.83. The molecule has 18 heavy (non-hydrogen) atoms. The van der Waals surface area contributed by atoms with Gasteiger partial charge in [-0.15, -0.1) is 0 Å². The van der Waals surface area contributed by atoms with Crippen LogP contribution in [0.2, 0.25) is 0 Å². The molecule has 0 radical (unpaired) electrons. The number of nitrogens with one attached hydrogen (secondary N) is 1. The number of allylic oxidation sites excluding steroid dienone is 1. The number of pyridine rings is 1. The third-order valence-corrected chi connectivity index (χ3v) is 2.99. The molecule has 1 aromatic heterocycles. The lowest BCUT2D eigenvalue weighted by Crippen LogP contribution is -2.48. The van der Waals surface area contributed by atoms with Gasteiger partial charge >= 0.3 is 6.09 Å². The summed E-state index contributed by atoms with van der Waals surface area (Å²) >= 11 is 5.21. The van der Waals surface area contributed by atoms with Crippen LogP contribution < -0.4 is 10.2 Å². The average molecular weight is 263 g/mol. The molecule has 1 unspecified atom stereocenters. The van der Waals surface area contributed by atoms with Gasteiger partial charge in [0.2, 0.25) is 0 Å². The molecule has 0 fully saturated rings. The van der Waals surface area contributed by atoms with Gasteiger partial charge in [-0.25, -0.2) is 4.79 Å². The first kappa shape index (κ1) is 12.5. The van der Waals surface area contributed by atoms with Crippen molar-refractivity contribution in [1.82, 2.24) is 4.98 Å². The van der Waals surface area contributed by atoms with E-state index in [4.69, 9.17) is 17.0 Å². The minimum absolute atomic E-state index is 0.288. The molecule has 6 heteroatoms. The number of ether oxygens (including phenoxy) is 1. The Morgan fingerprint density at radius 3 is 3.06 bits per heavy atom. The van der Waals surface area contributed by atoms with E-state index < -0.39 is 6.09 Å². The third-order valence-electron chi connectivity index (χ3n) is 2.54. The summed E-state index contributed by atoms with van der Waals surface area (Å²) in [6, 6.07) is 1.47. The molecule has 1 amide bonds. The summed E-state index contributed by atoms with van der Waals surface area (Å²) < 4.78 is 5.04. The Morgan fingerprint density at radius 1 is 1.67 bits per heavy atom. The molecule has 0 bridgehead atoms. The van der Waals surface area contributed by atoms with Crippen molar-refractivity contribution in [3.63, 3.8) is 0 Å². The van der Waals surface area contributed by atoms with Gasteiger partial charge in [0.05, 0.1) is 29.4 Å². The molecule has 0 aliphatic carbocycles. The van der Waals surface area contributed by atoms with Crippen LogP contribution in [0.4, 0.5) is 16.2 Å². The maximum absolute atomic E-state index is 12.1. The number of aromatic nitrogens is 1. The number of carbonyl (C=O) groups excluding carboxylic acids is 1. The van der Waals surface area contributed by atoms with Crippen LogP contribution in [-0.4, -0.2) is 22.1 Å². The van der Waals surface area contributed by atoms with E-state index >= 15 is 0 Å². The minimum atomic E-state index is -0.506. The first-order valence-electron chi connectivity index (χ1n) is 5.42. The lowest BCUT2D eigenvalue weighted by Gasteiger charge is -2.34. The number of hydrogen-bond donors (Lipinski definition) is 1. The van der Waals surface area contributed by atoms with Crippen molar-refractivity contribution < 1.29 is 9.53 Å². The number of nitrogens with zero attached hydrogens (tertiary/aromatic N) is 2. The van der Waals surface area contributed by atoms with Crippen LogP contribution in [0.25, 0.3) is 0 Å². The molecule has 1 aliphatic rings. The van der Waals surface area contributed by atoms with E-state index in [-0.39, 0.29) is 6.04 Å². The molecular weight excluding hydrogens is 250 g/mol. The van der Waals surface area contributed by atoms with Crippen molar-refractivity contribution >= 4 is 34.7 Å². The highest BCUT2D eigenvalue weighted by molar-refractivity contribution is 7.80. The van der Waals surface area contributed by atoms with E-state index in [0.717, 1.165) is 5.69 Å². The van der Waals surface area contributed by atoms with Gasteiger partial charge in [-0.3, -0.25) is 9.88 Å². The molecule has 1 aromatic rings. The van der Waals surface area contributed by atoms with Crippen molar-refractivity contribution in [3.05, 3.63) is 30.8 Å². The maximum atomic E-state index is 12.1. The van der Waals surface area contributed by atoms with E-state index in [0.29, 0.717) is 16.4 Å². The molecule has 5 nitrogen and oxygen atoms in total. The summed E-state index contributed by atoms with van der Waals surface area (Å²) in [6.45, 7) is 7.00. The summed E-state index contributed by atoms with van der Waals surface area (Å²) in [4.78, 5) is 18.1. The summed E-state index contributed by atoms with van der Waals surface area (Å²) in [5, 5.41) is 3.07. The summed E-state index contributed by atoms with van der Waals surface area (Å²) in [7, 11) is 0. The van der Waals surface area contributed by atoms with Crippen molar-refractivity contribution in [2.45, 2.75) is 19.9 Å². The molecule has 2 rings (SSSR count). The van der Waals surface area contributed by atoms with Gasteiger partial charge in [0.25, 0.3) is 0 Å². The van der Waals surface area contributed by atoms with Crippen LogP contribution in [0.15, 0.2) is 30.8 Å². The van der Waals surface area contributed by atoms with Crippen LogP contribution in [0.3, 0.4) is 0 Å². The fourth-order valence-electron chi connectivity index (χ4n) is 1.70. The fourth-order valence-corrected chi connectivity index (χ4v) is 1.92. The summed E-state index contributed by atoms with van der Waals surface area (Å²) in [5.41, 5.74) is 1.39. The van der Waals surface area contributed by atoms with Crippen LogP contribution in [0, 0.1) is 0 Å². The zero-order chi connectivity index (χ0) is 13.3. The van der Waals surface area contributed by atoms with E-state index in [9.17, 15) is 4.79 Å². The van der Waals surface area contributed by atoms with Crippen LogP contribution >= 0.6 is 12.2 Å². The predicted molar refractivity (Wildman–Crippen MR) is 73.7 cm³/mol. The van der Waals surface area contributed by atoms with Gasteiger partial charge in [-0.1, -0.05) is 18.8 Å². The van der Waals surface area contributed by atoms with Gasteiger partial charge in [0.1, 0.15) is 4.99 Å². The predicted octanol–water partition coefficient (Wildman–Crippen LogP) is 2.70. The molecule has 1 N–H and O–H groups in total. The molecule has 94 valence electrons. The van der Waals surface area contributed by atoms with E-state index in [1.165, 1.54) is 4.90 Å². The Kier molecular flexibility index (Phi) is 3.29. The second-order valence-electron chi connectivity index (χ2n) is 4.00. The Hall–Kier alpha value is -1.95. The van der Waals surface area contributed by atoms with Crippen molar-refractivity contribution in [2.75, 3.05) is 10.2 Å². The third kappa shape index (κ3) is 2.19. The SMILES string of the molecule is C=C(C)OC(=O)N1c2cnccc2NC(=S)C1C. The largest absolute Gasteiger partial charge is 0.420 e. The molecule has 0 saturated heterocycles. The average Bonchev–Trinajstić information content (AvgIpc) is 2.29. The highest BCUT2D eigenvalue weighted by Gasteiger charge is 2.32. The zero-order valence-corrected chi connectivity index (χ0v) is 11.0. The van der Waals surface area contributed by atoms with Crippen LogP contribution in [0.5, 0.6) is 0 Å². The molecule has 0 aromatic carbocycles. The Balaban J connectivity index is 2.41. The van der Waals surface area contributed by atoms with Gasteiger partial charge in [0.15, 0.2) is 0 Å². The Bertz CT molecular complexity index is 530. The lowest BCUT2D eigenvalue weighted by atomic mass is 10.1. The molecule has 0 saturated carbocycles. The maximum Gasteiger partial charge on any atom is 0.420 e. The minimum Gasteiger partial charge on any atom is -0.415 e. The van der Waals surface area contributed by atoms with Crippen molar-refractivity contribution in [3.8, 4) is 0 Å². The number of fused-ring (bicyclic) bond motifs is 1. The standard InChI is InChI=1S/C12H13N3O2S/c1-7(2)17-12(16)15-8(3)11(18)14-9-4-5-13-6-10(9)15/h4-6,8H,1H2,2-3H3,(H,14,18). The number of amides is 1. The number of hydrogen-bond acceptors (Lipinski definition) is 4. The number of rotatable bonds is 1. The van der Waals surface area contributed by atoms with Gasteiger partial charge in [-0.05, 0) is 19.9 Å². The van der Waals surface area contributed by atoms with Gasteiger partial charge in [-0.2, -0.15) is 0 Å². The first-order chi connectivity index (χ1) is 8.50. The van der Waals surface area contributed by atoms with E-state index in [1.54, 1.807) is 25.4 Å². The van der Waals surface area contributed by atoms with Crippen molar-refractivity contribution in [1.29, 1.82) is 0 Å². The van der Waals surface area contributed by atoms with Crippen molar-refractivity contribution in [2.24, 2.45) is 0 Å². The Morgan fingerprint density at radius 2 is 2.39 bits per heavy atom. The summed E-state index contributed by atoms with van der Waals surface area (Å²) in [5.74, 6) is 0.335. The number of thiocarbonyl (C=S) groups is 1. The number of carbonyl (C=O) groups is 1. The Labute approximate surface area is 110 Å². The zero-order valence-electron chi connectivity index (χ0n) is 10.1. The van der Waals surface area contributed by atoms with Crippen LogP contribution in [-0.2, 0) is 4.74 Å². The second-order valence-corrected chi connectivity index (χ2v) is 4.44. The monoisotopic (exact) mass is 263 g/mol. The topological polar surface area (TPSA) is 54.5 Å². The van der Waals surface area contributed by atoms with Gasteiger partial charge < -0.3 is 10.1 Å². The number of anilines is 2. The molecular formula is C12H13N3O2S. The second kappa shape index (κ2) is 4.73. The van der Waals surface area contributed by atoms with E-state index in [2.05, 4.69) is 16.9 Å². The van der Waals surface area contributed by atoms with E-state index in [1.807, 2.05) is 6.92 Å². The highest BCUT2D eigenvalue weighted by Crippen LogP contribution is 2.32. The molecule has 1 aliphatic heterocycles. The quantitative estimate of drug-likeness (QED) is 0.623. The smallest absolute Gasteiger partial charge is 0.415 e. The summed E-state index contributed by atoms with van der Waals surface area (Å²) in [6.07, 6.45) is 2.72. The van der Waals surface area contributed by atoms with Gasteiger partial charge in [0, 0.05) is 6.20 Å². The fraction of sp³-hybridized carbons (Fsp3) is 0.250. The van der Waals surface area contributed by atoms with Crippen LogP contribution in [0.1, 0.15) is 13.8 Å². The molecule has 0 spiro atoms. The highest BCUT2D eigenvalue weighted by atomic mass is 32.1.